The van der Waals surface area contributed by atoms with Crippen LogP contribution in [0.25, 0.3) is 0 Å². The average molecular weight is 384 g/mol. The fourth-order valence-corrected chi connectivity index (χ4v) is 4.83. The van der Waals surface area contributed by atoms with Crippen LogP contribution in [0.4, 0.5) is 5.00 Å². The Kier molecular flexibility index (Phi) is 6.11. The minimum absolute atomic E-state index is 0.209. The lowest BCUT2D eigenvalue weighted by atomic mass is 9.83. The van der Waals surface area contributed by atoms with Crippen LogP contribution in [0.2, 0.25) is 0 Å². The van der Waals surface area contributed by atoms with E-state index in [1.165, 1.54) is 21.8 Å². The van der Waals surface area contributed by atoms with E-state index < -0.39 is 0 Å². The second-order valence-corrected chi connectivity index (χ2v) is 8.09. The first-order valence-electron chi connectivity index (χ1n) is 9.32. The molecule has 0 radical (unpaired) electrons. The number of ether oxygens (including phenoxy) is 1. The van der Waals surface area contributed by atoms with Gasteiger partial charge < -0.3 is 10.1 Å². The molecule has 142 valence electrons. The molecule has 1 amide bonds. The van der Waals surface area contributed by atoms with Gasteiger partial charge in [-0.3, -0.25) is 4.79 Å². The number of hydrogen-bond acceptors (Lipinski definition) is 4. The Bertz CT molecular complexity index is 863. The molecule has 1 atom stereocenters. The first-order valence-corrected chi connectivity index (χ1v) is 10.1. The number of fused-ring (bicyclic) bond motifs is 1. The maximum absolute atomic E-state index is 12.6. The van der Waals surface area contributed by atoms with Crippen molar-refractivity contribution in [2.45, 2.75) is 46.0 Å². The van der Waals surface area contributed by atoms with Gasteiger partial charge >= 0.3 is 5.97 Å². The number of rotatable bonds is 5. The second kappa shape index (κ2) is 8.53. The van der Waals surface area contributed by atoms with Crippen LogP contribution in [0.15, 0.2) is 42.0 Å². The van der Waals surface area contributed by atoms with Crippen molar-refractivity contribution >= 4 is 28.2 Å². The molecule has 0 bridgehead atoms. The highest BCUT2D eigenvalue weighted by atomic mass is 32.1. The molecule has 1 heterocycles. The number of hydrogen-bond donors (Lipinski definition) is 1. The Labute approximate surface area is 164 Å². The summed E-state index contributed by atoms with van der Waals surface area (Å²) in [4.78, 5) is 26.0. The molecule has 2 aromatic rings. The van der Waals surface area contributed by atoms with Gasteiger partial charge in [0.25, 0.3) is 0 Å². The van der Waals surface area contributed by atoms with Gasteiger partial charge in [0.1, 0.15) is 5.00 Å². The smallest absolute Gasteiger partial charge is 0.341 e. The summed E-state index contributed by atoms with van der Waals surface area (Å²) >= 11 is 1.51. The normalized spacial score (nSPS) is 15.6. The van der Waals surface area contributed by atoms with Gasteiger partial charge in [-0.15, -0.1) is 11.3 Å². The van der Waals surface area contributed by atoms with Crippen LogP contribution in [-0.4, -0.2) is 18.5 Å². The van der Waals surface area contributed by atoms with Crippen molar-refractivity contribution in [2.75, 3.05) is 11.9 Å². The van der Waals surface area contributed by atoms with Gasteiger partial charge in [-0.05, 0) is 57.1 Å². The van der Waals surface area contributed by atoms with E-state index in [2.05, 4.69) is 29.6 Å². The van der Waals surface area contributed by atoms with Gasteiger partial charge in [0.2, 0.25) is 5.91 Å². The summed E-state index contributed by atoms with van der Waals surface area (Å²) in [6, 6.07) is 10.5. The van der Waals surface area contributed by atoms with E-state index in [9.17, 15) is 9.59 Å². The fourth-order valence-electron chi connectivity index (χ4n) is 3.51. The zero-order valence-corrected chi connectivity index (χ0v) is 16.8. The van der Waals surface area contributed by atoms with E-state index in [0.717, 1.165) is 30.4 Å². The second-order valence-electron chi connectivity index (χ2n) is 6.99. The SMILES string of the molecule is CCOC(=O)c1c(NC(=O)C=C(C)C)sc2c1CCC(c1ccccc1)C2. The third-order valence-electron chi connectivity index (χ3n) is 4.67. The minimum atomic E-state index is -0.347. The third kappa shape index (κ3) is 4.48. The summed E-state index contributed by atoms with van der Waals surface area (Å²) in [5.41, 5.74) is 3.82. The van der Waals surface area contributed by atoms with Crippen molar-refractivity contribution in [3.63, 3.8) is 0 Å². The Morgan fingerprint density at radius 1 is 1.26 bits per heavy atom. The summed E-state index contributed by atoms with van der Waals surface area (Å²) < 4.78 is 5.27. The molecule has 3 rings (SSSR count). The zero-order valence-electron chi connectivity index (χ0n) is 16.0. The predicted molar refractivity (Wildman–Crippen MR) is 110 cm³/mol. The number of thiophene rings is 1. The van der Waals surface area contributed by atoms with Crippen LogP contribution >= 0.6 is 11.3 Å². The predicted octanol–water partition coefficient (Wildman–Crippen LogP) is 5.10. The molecular weight excluding hydrogens is 358 g/mol. The molecule has 27 heavy (non-hydrogen) atoms. The zero-order chi connectivity index (χ0) is 19.4. The third-order valence-corrected chi connectivity index (χ3v) is 5.84. The van der Waals surface area contributed by atoms with Crippen LogP contribution in [-0.2, 0) is 22.4 Å². The van der Waals surface area contributed by atoms with Crippen molar-refractivity contribution < 1.29 is 14.3 Å². The molecule has 0 spiro atoms. The quantitative estimate of drug-likeness (QED) is 0.577. The number of allylic oxidation sites excluding steroid dienone is 1. The number of esters is 1. The number of amides is 1. The van der Waals surface area contributed by atoms with E-state index in [1.807, 2.05) is 19.9 Å². The molecule has 1 aliphatic carbocycles. The summed E-state index contributed by atoms with van der Waals surface area (Å²) in [7, 11) is 0. The average Bonchev–Trinajstić information content (AvgIpc) is 2.98. The maximum atomic E-state index is 12.6. The van der Waals surface area contributed by atoms with Crippen LogP contribution in [0.5, 0.6) is 0 Å². The van der Waals surface area contributed by atoms with E-state index in [-0.39, 0.29) is 11.9 Å². The first kappa shape index (κ1) is 19.4. The molecule has 1 aliphatic rings. The molecule has 0 fully saturated rings. The number of nitrogens with one attached hydrogen (secondary N) is 1. The molecule has 0 saturated carbocycles. The number of carbonyl (C=O) groups excluding carboxylic acids is 2. The van der Waals surface area contributed by atoms with Crippen LogP contribution in [0.3, 0.4) is 0 Å². The summed E-state index contributed by atoms with van der Waals surface area (Å²) in [5.74, 6) is -0.117. The highest BCUT2D eigenvalue weighted by molar-refractivity contribution is 7.17. The van der Waals surface area contributed by atoms with E-state index in [1.54, 1.807) is 13.0 Å². The molecule has 0 aliphatic heterocycles. The Morgan fingerprint density at radius 3 is 2.67 bits per heavy atom. The van der Waals surface area contributed by atoms with Crippen LogP contribution in [0.1, 0.15) is 59.5 Å². The molecule has 1 aromatic carbocycles. The van der Waals surface area contributed by atoms with Crippen molar-refractivity contribution in [3.8, 4) is 0 Å². The molecule has 1 N–H and O–H groups in total. The molecule has 5 heteroatoms. The highest BCUT2D eigenvalue weighted by Crippen LogP contribution is 2.42. The summed E-state index contributed by atoms with van der Waals surface area (Å²) in [6.45, 7) is 5.85. The van der Waals surface area contributed by atoms with E-state index in [0.29, 0.717) is 23.1 Å². The van der Waals surface area contributed by atoms with Crippen molar-refractivity contribution in [2.24, 2.45) is 0 Å². The van der Waals surface area contributed by atoms with Crippen molar-refractivity contribution in [1.82, 2.24) is 0 Å². The van der Waals surface area contributed by atoms with Gasteiger partial charge in [-0.25, -0.2) is 4.79 Å². The van der Waals surface area contributed by atoms with Gasteiger partial charge in [0.05, 0.1) is 12.2 Å². The topological polar surface area (TPSA) is 55.4 Å². The first-order chi connectivity index (χ1) is 13.0. The maximum Gasteiger partial charge on any atom is 0.341 e. The molecular formula is C22H25NO3S. The molecule has 1 unspecified atom stereocenters. The van der Waals surface area contributed by atoms with Gasteiger partial charge in [0.15, 0.2) is 0 Å². The Balaban J connectivity index is 1.93. The fraction of sp³-hybridized carbons (Fsp3) is 0.364. The van der Waals surface area contributed by atoms with E-state index in [4.69, 9.17) is 4.74 Å². The summed E-state index contributed by atoms with van der Waals surface area (Å²) in [5, 5.41) is 3.50. The summed E-state index contributed by atoms with van der Waals surface area (Å²) in [6.07, 6.45) is 4.23. The largest absolute Gasteiger partial charge is 0.462 e. The molecule has 1 aromatic heterocycles. The lowest BCUT2D eigenvalue weighted by Crippen LogP contribution is -2.16. The van der Waals surface area contributed by atoms with Crippen LogP contribution in [0, 0.1) is 0 Å². The minimum Gasteiger partial charge on any atom is -0.462 e. The number of carbonyl (C=O) groups is 2. The van der Waals surface area contributed by atoms with Gasteiger partial charge in [0, 0.05) is 11.0 Å². The Morgan fingerprint density at radius 2 is 2.00 bits per heavy atom. The van der Waals surface area contributed by atoms with Crippen molar-refractivity contribution in [3.05, 3.63) is 63.5 Å². The standard InChI is InChI=1S/C22H25NO3S/c1-4-26-22(25)20-17-11-10-16(15-8-6-5-7-9-15)13-18(17)27-21(20)23-19(24)12-14(2)3/h5-9,12,16H,4,10-11,13H2,1-3H3,(H,23,24). The lowest BCUT2D eigenvalue weighted by molar-refractivity contribution is -0.111. The Hall–Kier alpha value is -2.40. The van der Waals surface area contributed by atoms with Crippen molar-refractivity contribution in [1.29, 1.82) is 0 Å². The van der Waals surface area contributed by atoms with E-state index >= 15 is 0 Å². The molecule has 4 nitrogen and oxygen atoms in total. The molecule has 0 saturated heterocycles. The number of anilines is 1. The lowest BCUT2D eigenvalue weighted by Gasteiger charge is -2.23. The monoisotopic (exact) mass is 383 g/mol. The number of benzene rings is 1. The van der Waals surface area contributed by atoms with Gasteiger partial charge in [-0.2, -0.15) is 0 Å². The highest BCUT2D eigenvalue weighted by Gasteiger charge is 2.30. The van der Waals surface area contributed by atoms with Crippen LogP contribution < -0.4 is 5.32 Å². The van der Waals surface area contributed by atoms with Gasteiger partial charge in [-0.1, -0.05) is 35.9 Å².